The number of methoxy groups -OCH3 is 1. The van der Waals surface area contributed by atoms with Crippen LogP contribution in [0.3, 0.4) is 0 Å². The smallest absolute Gasteiger partial charge is 0.260 e. The molecule has 0 N–H and O–H groups in total. The number of benzene rings is 2. The number of hydrogen-bond donors (Lipinski definition) is 0. The average molecular weight is 498 g/mol. The number of carbonyl (C=O) groups is 1. The summed E-state index contributed by atoms with van der Waals surface area (Å²) < 4.78 is 30.8. The van der Waals surface area contributed by atoms with Gasteiger partial charge in [0.25, 0.3) is 5.91 Å². The molecule has 1 aromatic heterocycles. The maximum atomic E-state index is 13.4. The van der Waals surface area contributed by atoms with Crippen molar-refractivity contribution in [1.29, 1.82) is 0 Å². The molecule has 0 aliphatic carbocycles. The number of nitrogens with zero attached hydrogens (tertiary/aromatic N) is 3. The Morgan fingerprint density at radius 1 is 1.12 bits per heavy atom. The number of fused-ring (bicyclic) bond motifs is 1. The molecule has 3 aromatic rings. The first-order valence-electron chi connectivity index (χ1n) is 9.99. The Kier molecular flexibility index (Phi) is 9.03. The minimum atomic E-state index is -3.41. The van der Waals surface area contributed by atoms with E-state index in [9.17, 15) is 13.2 Å². The molecule has 0 bridgehead atoms. The average Bonchev–Trinajstić information content (AvgIpc) is 3.19. The van der Waals surface area contributed by atoms with E-state index in [4.69, 9.17) is 4.74 Å². The number of amides is 1. The molecule has 0 saturated carbocycles. The summed E-state index contributed by atoms with van der Waals surface area (Å²) in [5, 5.41) is 0.579. The number of rotatable bonds is 9. The standard InChI is InChI=1S/C22H27N3O4S2.ClH/c1-5-31(27,28)18-9-6-8-16(14-18)21(26)25(13-7-12-24(2)3)22-23-19-11-10-17(29-4)15-20(19)30-22;/h6,8-11,14-15H,5,7,12-13H2,1-4H3;1H. The topological polar surface area (TPSA) is 79.8 Å². The molecule has 7 nitrogen and oxygen atoms in total. The summed E-state index contributed by atoms with van der Waals surface area (Å²) in [4.78, 5) is 22.0. The van der Waals surface area contributed by atoms with Gasteiger partial charge in [0.2, 0.25) is 0 Å². The minimum absolute atomic E-state index is 0. The highest BCUT2D eigenvalue weighted by Gasteiger charge is 2.23. The van der Waals surface area contributed by atoms with Gasteiger partial charge in [-0.1, -0.05) is 24.3 Å². The van der Waals surface area contributed by atoms with Gasteiger partial charge >= 0.3 is 0 Å². The van der Waals surface area contributed by atoms with Crippen LogP contribution in [0.25, 0.3) is 10.2 Å². The molecule has 0 spiro atoms. The number of anilines is 1. The molecule has 10 heteroatoms. The number of hydrogen-bond acceptors (Lipinski definition) is 7. The van der Waals surface area contributed by atoms with Gasteiger partial charge in [0.15, 0.2) is 15.0 Å². The molecule has 3 rings (SSSR count). The summed E-state index contributed by atoms with van der Waals surface area (Å²) in [7, 11) is 2.17. The van der Waals surface area contributed by atoms with Crippen LogP contribution < -0.4 is 9.64 Å². The van der Waals surface area contributed by atoms with Gasteiger partial charge < -0.3 is 9.64 Å². The van der Waals surface area contributed by atoms with E-state index in [1.54, 1.807) is 31.1 Å². The number of ether oxygens (including phenoxy) is 1. The van der Waals surface area contributed by atoms with E-state index in [-0.39, 0.29) is 29.0 Å². The molecule has 0 saturated heterocycles. The zero-order chi connectivity index (χ0) is 22.6. The lowest BCUT2D eigenvalue weighted by Crippen LogP contribution is -2.33. The van der Waals surface area contributed by atoms with Gasteiger partial charge in [-0.2, -0.15) is 0 Å². The molecule has 1 heterocycles. The Hall–Kier alpha value is -2.20. The first-order chi connectivity index (χ1) is 14.7. The fourth-order valence-electron chi connectivity index (χ4n) is 3.11. The van der Waals surface area contributed by atoms with Gasteiger partial charge in [-0.05, 0) is 63.5 Å². The van der Waals surface area contributed by atoms with Crippen molar-refractivity contribution in [3.8, 4) is 5.75 Å². The molecule has 0 fully saturated rings. The second-order valence-corrected chi connectivity index (χ2v) is 10.7. The van der Waals surface area contributed by atoms with Crippen molar-refractivity contribution in [2.75, 3.05) is 44.9 Å². The normalized spacial score (nSPS) is 11.4. The number of carbonyl (C=O) groups excluding carboxylic acids is 1. The predicted octanol–water partition coefficient (Wildman–Crippen LogP) is 4.12. The molecule has 0 aliphatic heterocycles. The van der Waals surface area contributed by atoms with E-state index in [0.29, 0.717) is 17.2 Å². The first kappa shape index (κ1) is 26.1. The second-order valence-electron chi connectivity index (χ2n) is 7.37. The molecule has 174 valence electrons. The lowest BCUT2D eigenvalue weighted by atomic mass is 10.2. The Morgan fingerprint density at radius 2 is 1.88 bits per heavy atom. The first-order valence-corrected chi connectivity index (χ1v) is 12.5. The third-order valence-electron chi connectivity index (χ3n) is 4.87. The van der Waals surface area contributed by atoms with Crippen molar-refractivity contribution in [2.45, 2.75) is 18.2 Å². The highest BCUT2D eigenvalue weighted by molar-refractivity contribution is 7.91. The Labute approximate surface area is 199 Å². The predicted molar refractivity (Wildman–Crippen MR) is 132 cm³/mol. The van der Waals surface area contributed by atoms with Crippen LogP contribution >= 0.6 is 23.7 Å². The van der Waals surface area contributed by atoms with Crippen LogP contribution in [0.2, 0.25) is 0 Å². The van der Waals surface area contributed by atoms with Crippen LogP contribution in [0.4, 0.5) is 5.13 Å². The second kappa shape index (κ2) is 11.1. The summed E-state index contributed by atoms with van der Waals surface area (Å²) >= 11 is 1.41. The highest BCUT2D eigenvalue weighted by atomic mass is 35.5. The van der Waals surface area contributed by atoms with Crippen LogP contribution in [-0.4, -0.2) is 64.3 Å². The van der Waals surface area contributed by atoms with Gasteiger partial charge in [-0.25, -0.2) is 13.4 Å². The Balaban J connectivity index is 0.00000363. The van der Waals surface area contributed by atoms with E-state index in [2.05, 4.69) is 9.88 Å². The summed E-state index contributed by atoms with van der Waals surface area (Å²) in [5.41, 5.74) is 1.12. The van der Waals surface area contributed by atoms with Crippen molar-refractivity contribution >= 4 is 54.8 Å². The molecule has 0 aliphatic rings. The number of sulfone groups is 1. The molecule has 32 heavy (non-hydrogen) atoms. The zero-order valence-electron chi connectivity index (χ0n) is 18.6. The van der Waals surface area contributed by atoms with Gasteiger partial charge in [0, 0.05) is 12.1 Å². The van der Waals surface area contributed by atoms with E-state index in [1.165, 1.54) is 23.5 Å². The fourth-order valence-corrected chi connectivity index (χ4v) is 5.05. The molecule has 0 atom stereocenters. The van der Waals surface area contributed by atoms with E-state index in [0.717, 1.165) is 28.9 Å². The van der Waals surface area contributed by atoms with Crippen LogP contribution in [0.5, 0.6) is 5.75 Å². The van der Waals surface area contributed by atoms with Crippen LogP contribution in [0.15, 0.2) is 47.4 Å². The Bertz CT molecular complexity index is 1180. The number of thiazole rings is 1. The highest BCUT2D eigenvalue weighted by Crippen LogP contribution is 2.32. The van der Waals surface area contributed by atoms with Crippen molar-refractivity contribution < 1.29 is 17.9 Å². The fraction of sp³-hybridized carbons (Fsp3) is 0.364. The largest absolute Gasteiger partial charge is 0.497 e. The van der Waals surface area contributed by atoms with Crippen molar-refractivity contribution in [2.24, 2.45) is 0 Å². The monoisotopic (exact) mass is 497 g/mol. The van der Waals surface area contributed by atoms with E-state index < -0.39 is 9.84 Å². The van der Waals surface area contributed by atoms with E-state index >= 15 is 0 Å². The van der Waals surface area contributed by atoms with Gasteiger partial charge in [-0.3, -0.25) is 9.69 Å². The SMILES string of the molecule is CCS(=O)(=O)c1cccc(C(=O)N(CCCN(C)C)c2nc3ccc(OC)cc3s2)c1.Cl. The quantitative estimate of drug-likeness (QED) is 0.442. The van der Waals surface area contributed by atoms with Crippen molar-refractivity contribution in [3.05, 3.63) is 48.0 Å². The lowest BCUT2D eigenvalue weighted by molar-refractivity contribution is 0.0986. The molecule has 0 radical (unpaired) electrons. The summed E-state index contributed by atoms with van der Waals surface area (Å²) in [5.74, 6) is 0.445. The number of aromatic nitrogens is 1. The van der Waals surface area contributed by atoms with Crippen LogP contribution in [0, 0.1) is 0 Å². The lowest BCUT2D eigenvalue weighted by Gasteiger charge is -2.21. The van der Waals surface area contributed by atoms with Crippen molar-refractivity contribution in [1.82, 2.24) is 9.88 Å². The number of halogens is 1. The molecule has 1 amide bonds. The third kappa shape index (κ3) is 5.98. The summed E-state index contributed by atoms with van der Waals surface area (Å²) in [6.45, 7) is 2.87. The van der Waals surface area contributed by atoms with Gasteiger partial charge in [-0.15, -0.1) is 12.4 Å². The zero-order valence-corrected chi connectivity index (χ0v) is 21.0. The van der Waals surface area contributed by atoms with Gasteiger partial charge in [0.1, 0.15) is 5.75 Å². The van der Waals surface area contributed by atoms with Crippen LogP contribution in [0.1, 0.15) is 23.7 Å². The third-order valence-corrected chi connectivity index (χ3v) is 7.64. The minimum Gasteiger partial charge on any atom is -0.497 e. The summed E-state index contributed by atoms with van der Waals surface area (Å²) in [6.07, 6.45) is 0.755. The molecule has 0 unspecified atom stereocenters. The Morgan fingerprint density at radius 3 is 2.53 bits per heavy atom. The summed E-state index contributed by atoms with van der Waals surface area (Å²) in [6, 6.07) is 11.8. The maximum absolute atomic E-state index is 13.4. The molecular formula is C22H28ClN3O4S2. The maximum Gasteiger partial charge on any atom is 0.260 e. The molecular weight excluding hydrogens is 470 g/mol. The van der Waals surface area contributed by atoms with Crippen molar-refractivity contribution in [3.63, 3.8) is 0 Å². The van der Waals surface area contributed by atoms with E-state index in [1.807, 2.05) is 32.3 Å². The van der Waals surface area contributed by atoms with Crippen LogP contribution in [-0.2, 0) is 9.84 Å². The molecule has 2 aromatic carbocycles. The van der Waals surface area contributed by atoms with Gasteiger partial charge in [0.05, 0.1) is 28.0 Å².